The van der Waals surface area contributed by atoms with Gasteiger partial charge in [0.1, 0.15) is 5.52 Å². The average molecular weight is 232 g/mol. The molecule has 0 bridgehead atoms. The molecule has 0 spiro atoms. The summed E-state index contributed by atoms with van der Waals surface area (Å²) in [6, 6.07) is 5.54. The smallest absolute Gasteiger partial charge is 0.195 e. The minimum absolute atomic E-state index is 0.384. The molecule has 1 fully saturated rings. The normalized spacial score (nSPS) is 20.1. The van der Waals surface area contributed by atoms with Crippen molar-refractivity contribution >= 4 is 16.8 Å². The zero-order valence-corrected chi connectivity index (χ0v) is 9.69. The SMILES string of the molecule is Nc1ccc2oc(CCC3CCCO3)nc2c1. The van der Waals surface area contributed by atoms with Crippen molar-refractivity contribution in [2.45, 2.75) is 31.8 Å². The first-order valence-electron chi connectivity index (χ1n) is 6.08. The molecule has 1 saturated heterocycles. The molecule has 1 atom stereocenters. The first-order valence-corrected chi connectivity index (χ1v) is 6.08. The first-order chi connectivity index (χ1) is 8.31. The van der Waals surface area contributed by atoms with Crippen LogP contribution in [0.3, 0.4) is 0 Å². The second-order valence-electron chi connectivity index (χ2n) is 4.51. The topological polar surface area (TPSA) is 61.3 Å². The number of ether oxygens (including phenoxy) is 1. The number of hydrogen-bond acceptors (Lipinski definition) is 4. The van der Waals surface area contributed by atoms with Crippen LogP contribution in [-0.4, -0.2) is 17.7 Å². The van der Waals surface area contributed by atoms with Crippen LogP contribution in [0.2, 0.25) is 0 Å². The fraction of sp³-hybridized carbons (Fsp3) is 0.462. The predicted molar refractivity (Wildman–Crippen MR) is 65.7 cm³/mol. The molecule has 1 aliphatic rings. The largest absolute Gasteiger partial charge is 0.441 e. The highest BCUT2D eigenvalue weighted by Crippen LogP contribution is 2.21. The van der Waals surface area contributed by atoms with Gasteiger partial charge in [0, 0.05) is 18.7 Å². The third-order valence-electron chi connectivity index (χ3n) is 3.16. The van der Waals surface area contributed by atoms with Gasteiger partial charge < -0.3 is 14.9 Å². The second-order valence-corrected chi connectivity index (χ2v) is 4.51. The molecule has 90 valence electrons. The Morgan fingerprint density at radius 2 is 2.35 bits per heavy atom. The van der Waals surface area contributed by atoms with Crippen molar-refractivity contribution in [2.75, 3.05) is 12.3 Å². The Morgan fingerprint density at radius 1 is 1.41 bits per heavy atom. The maximum absolute atomic E-state index is 5.70. The number of nitrogens with two attached hydrogens (primary N) is 1. The minimum atomic E-state index is 0.384. The number of oxazole rings is 1. The number of hydrogen-bond donors (Lipinski definition) is 1. The number of benzene rings is 1. The molecule has 1 aromatic heterocycles. The summed E-state index contributed by atoms with van der Waals surface area (Å²) in [5.74, 6) is 0.779. The van der Waals surface area contributed by atoms with Gasteiger partial charge >= 0.3 is 0 Å². The van der Waals surface area contributed by atoms with Gasteiger partial charge in [0.2, 0.25) is 0 Å². The summed E-state index contributed by atoms with van der Waals surface area (Å²) < 4.78 is 11.2. The van der Waals surface area contributed by atoms with Gasteiger partial charge in [-0.2, -0.15) is 0 Å². The van der Waals surface area contributed by atoms with Gasteiger partial charge in [-0.3, -0.25) is 0 Å². The fourth-order valence-electron chi connectivity index (χ4n) is 2.26. The molecule has 2 aromatic rings. The number of nitrogen functional groups attached to an aromatic ring is 1. The van der Waals surface area contributed by atoms with Gasteiger partial charge in [-0.05, 0) is 37.5 Å². The standard InChI is InChI=1S/C13H16N2O2/c14-9-3-5-12-11(8-9)15-13(17-12)6-4-10-2-1-7-16-10/h3,5,8,10H,1-2,4,6-7,14H2. The van der Waals surface area contributed by atoms with Crippen LogP contribution in [0.15, 0.2) is 22.6 Å². The quantitative estimate of drug-likeness (QED) is 0.826. The predicted octanol–water partition coefficient (Wildman–Crippen LogP) is 2.52. The lowest BCUT2D eigenvalue weighted by atomic mass is 10.1. The molecule has 4 heteroatoms. The Hall–Kier alpha value is -1.55. The van der Waals surface area contributed by atoms with Gasteiger partial charge in [-0.15, -0.1) is 0 Å². The minimum Gasteiger partial charge on any atom is -0.441 e. The lowest BCUT2D eigenvalue weighted by molar-refractivity contribution is 0.103. The van der Waals surface area contributed by atoms with Crippen molar-refractivity contribution < 1.29 is 9.15 Å². The van der Waals surface area contributed by atoms with E-state index in [1.165, 1.54) is 6.42 Å². The Bertz CT molecular complexity index is 515. The van der Waals surface area contributed by atoms with E-state index >= 15 is 0 Å². The summed E-state index contributed by atoms with van der Waals surface area (Å²) in [6.45, 7) is 0.898. The summed E-state index contributed by atoms with van der Waals surface area (Å²) in [6.07, 6.45) is 4.54. The van der Waals surface area contributed by atoms with Gasteiger partial charge in [-0.1, -0.05) is 0 Å². The number of aromatic nitrogens is 1. The maximum atomic E-state index is 5.70. The van der Waals surface area contributed by atoms with Gasteiger partial charge in [0.05, 0.1) is 6.10 Å². The number of nitrogens with zero attached hydrogens (tertiary/aromatic N) is 1. The third kappa shape index (κ3) is 2.26. The Labute approximate surface area is 99.8 Å². The van der Waals surface area contributed by atoms with E-state index in [4.69, 9.17) is 14.9 Å². The average Bonchev–Trinajstić information content (AvgIpc) is 2.94. The lowest BCUT2D eigenvalue weighted by Gasteiger charge is -2.05. The molecule has 0 amide bonds. The van der Waals surface area contributed by atoms with Crippen molar-refractivity contribution in [1.29, 1.82) is 0 Å². The zero-order chi connectivity index (χ0) is 11.7. The maximum Gasteiger partial charge on any atom is 0.195 e. The molecule has 1 aliphatic heterocycles. The number of fused-ring (bicyclic) bond motifs is 1. The van der Waals surface area contributed by atoms with Crippen LogP contribution in [0.1, 0.15) is 25.2 Å². The van der Waals surface area contributed by atoms with Crippen LogP contribution in [0.5, 0.6) is 0 Å². The molecule has 1 unspecified atom stereocenters. The molecule has 0 saturated carbocycles. The lowest BCUT2D eigenvalue weighted by Crippen LogP contribution is -2.06. The second kappa shape index (κ2) is 4.37. The highest BCUT2D eigenvalue weighted by Gasteiger charge is 2.16. The summed E-state index contributed by atoms with van der Waals surface area (Å²) in [5, 5.41) is 0. The van der Waals surface area contributed by atoms with E-state index in [1.807, 2.05) is 18.2 Å². The third-order valence-corrected chi connectivity index (χ3v) is 3.16. The van der Waals surface area contributed by atoms with E-state index in [1.54, 1.807) is 0 Å². The summed E-state index contributed by atoms with van der Waals surface area (Å²) in [5.41, 5.74) is 8.07. The van der Waals surface area contributed by atoms with Gasteiger partial charge in [-0.25, -0.2) is 4.98 Å². The Balaban J connectivity index is 1.72. The summed E-state index contributed by atoms with van der Waals surface area (Å²) in [7, 11) is 0. The highest BCUT2D eigenvalue weighted by molar-refractivity contribution is 5.76. The van der Waals surface area contributed by atoms with E-state index in [0.29, 0.717) is 6.10 Å². The molecule has 3 rings (SSSR count). The van der Waals surface area contributed by atoms with Crippen molar-refractivity contribution in [3.8, 4) is 0 Å². The summed E-state index contributed by atoms with van der Waals surface area (Å²) in [4.78, 5) is 4.43. The monoisotopic (exact) mass is 232 g/mol. The van der Waals surface area contributed by atoms with Crippen molar-refractivity contribution in [3.63, 3.8) is 0 Å². The molecule has 1 aromatic carbocycles. The van der Waals surface area contributed by atoms with Crippen LogP contribution in [0.25, 0.3) is 11.1 Å². The van der Waals surface area contributed by atoms with Crippen LogP contribution >= 0.6 is 0 Å². The van der Waals surface area contributed by atoms with Crippen LogP contribution in [0.4, 0.5) is 5.69 Å². The first kappa shape index (κ1) is 10.6. The molecular weight excluding hydrogens is 216 g/mol. The van der Waals surface area contributed by atoms with Crippen molar-refractivity contribution in [2.24, 2.45) is 0 Å². The highest BCUT2D eigenvalue weighted by atomic mass is 16.5. The number of rotatable bonds is 3. The van der Waals surface area contributed by atoms with Crippen molar-refractivity contribution in [1.82, 2.24) is 4.98 Å². The Morgan fingerprint density at radius 3 is 3.18 bits per heavy atom. The fourth-order valence-corrected chi connectivity index (χ4v) is 2.26. The molecule has 17 heavy (non-hydrogen) atoms. The van der Waals surface area contributed by atoms with Crippen LogP contribution in [0, 0.1) is 0 Å². The Kier molecular flexibility index (Phi) is 2.73. The van der Waals surface area contributed by atoms with E-state index in [9.17, 15) is 0 Å². The molecule has 2 N–H and O–H groups in total. The van der Waals surface area contributed by atoms with E-state index in [-0.39, 0.29) is 0 Å². The summed E-state index contributed by atoms with van der Waals surface area (Å²) >= 11 is 0. The van der Waals surface area contributed by atoms with Crippen LogP contribution in [-0.2, 0) is 11.2 Å². The van der Waals surface area contributed by atoms with E-state index in [0.717, 1.165) is 48.5 Å². The molecule has 0 aliphatic carbocycles. The van der Waals surface area contributed by atoms with Crippen molar-refractivity contribution in [3.05, 3.63) is 24.1 Å². The van der Waals surface area contributed by atoms with Crippen LogP contribution < -0.4 is 5.73 Å². The van der Waals surface area contributed by atoms with E-state index in [2.05, 4.69) is 4.98 Å². The molecule has 2 heterocycles. The van der Waals surface area contributed by atoms with E-state index < -0.39 is 0 Å². The molecule has 0 radical (unpaired) electrons. The zero-order valence-electron chi connectivity index (χ0n) is 9.69. The number of anilines is 1. The number of aryl methyl sites for hydroxylation is 1. The van der Waals surface area contributed by atoms with Gasteiger partial charge in [0.15, 0.2) is 11.5 Å². The molecular formula is C13H16N2O2. The molecule has 4 nitrogen and oxygen atoms in total. The van der Waals surface area contributed by atoms with Gasteiger partial charge in [0.25, 0.3) is 0 Å².